The molecule has 0 spiro atoms. The minimum atomic E-state index is -4.61. The summed E-state index contributed by atoms with van der Waals surface area (Å²) in [5.41, 5.74) is 2.30. The summed E-state index contributed by atoms with van der Waals surface area (Å²) in [4.78, 5) is 4.29. The molecule has 0 amide bonds. The zero-order valence-corrected chi connectivity index (χ0v) is 21.2. The molecule has 3 rings (SSSR count). The maximum atomic E-state index is 13.9. The van der Waals surface area contributed by atoms with Gasteiger partial charge in [0.05, 0.1) is 34.5 Å². The number of aromatic nitrogens is 3. The number of nitrogens with zero attached hydrogens (tertiary/aromatic N) is 4. The number of imidazole rings is 1. The average Bonchev–Trinajstić information content (AvgIpc) is 3.12. The van der Waals surface area contributed by atoms with E-state index in [1.165, 1.54) is 35.8 Å². The molecular weight excluding hydrogens is 491 g/mol. The fraction of sp³-hybridized carbons (Fsp3) is 0.455. The Morgan fingerprint density at radius 2 is 1.82 bits per heavy atom. The van der Waals surface area contributed by atoms with Gasteiger partial charge in [-0.3, -0.25) is 0 Å². The van der Waals surface area contributed by atoms with Crippen molar-refractivity contribution in [2.24, 2.45) is 0 Å². The van der Waals surface area contributed by atoms with Crippen LogP contribution in [0.15, 0.2) is 36.7 Å². The van der Waals surface area contributed by atoms with E-state index in [4.69, 9.17) is 16.3 Å². The number of methoxy groups -OCH3 is 1. The minimum absolute atomic E-state index is 0.0164. The molecular formula is C22H27ClF3N5O2S. The van der Waals surface area contributed by atoms with Gasteiger partial charge in [0.15, 0.2) is 5.65 Å². The van der Waals surface area contributed by atoms with Crippen LogP contribution in [0.3, 0.4) is 0 Å². The number of hydrogen-bond acceptors (Lipinski definition) is 5. The van der Waals surface area contributed by atoms with E-state index in [1.54, 1.807) is 40.3 Å². The number of halogens is 4. The third kappa shape index (κ3) is 5.54. The van der Waals surface area contributed by atoms with Crippen LogP contribution in [-0.2, 0) is 15.7 Å². The highest BCUT2D eigenvalue weighted by atomic mass is 35.5. The van der Waals surface area contributed by atoms with Crippen LogP contribution in [0, 0.1) is 0 Å². The van der Waals surface area contributed by atoms with E-state index in [1.807, 2.05) is 6.92 Å². The van der Waals surface area contributed by atoms with Crippen LogP contribution < -0.4 is 5.32 Å². The molecule has 12 heteroatoms. The van der Waals surface area contributed by atoms with Crippen LogP contribution in [0.1, 0.15) is 51.0 Å². The summed E-state index contributed by atoms with van der Waals surface area (Å²) < 4.78 is 61.5. The second-order valence-corrected chi connectivity index (χ2v) is 11.5. The van der Waals surface area contributed by atoms with Gasteiger partial charge in [-0.2, -0.15) is 18.3 Å². The van der Waals surface area contributed by atoms with Crippen molar-refractivity contribution in [2.75, 3.05) is 19.5 Å². The monoisotopic (exact) mass is 517 g/mol. The van der Waals surface area contributed by atoms with Gasteiger partial charge >= 0.3 is 6.18 Å². The zero-order valence-electron chi connectivity index (χ0n) is 19.6. The number of rotatable bonds is 7. The van der Waals surface area contributed by atoms with E-state index in [0.717, 1.165) is 4.31 Å². The SMILES string of the molecule is CO[C@@H](C)c1c(Nc2ccc([C@H](N(C)S(=O)C(C)(C)C)C(F)(F)F)cc2)cnn2cc(Cl)nc12. The number of anilines is 2. The van der Waals surface area contributed by atoms with Crippen LogP contribution >= 0.6 is 11.6 Å². The van der Waals surface area contributed by atoms with Crippen molar-refractivity contribution in [1.82, 2.24) is 18.9 Å². The first kappa shape index (κ1) is 26.4. The molecule has 2 heterocycles. The molecule has 7 nitrogen and oxygen atoms in total. The molecule has 1 N–H and O–H groups in total. The van der Waals surface area contributed by atoms with Crippen molar-refractivity contribution < 1.29 is 22.1 Å². The summed E-state index contributed by atoms with van der Waals surface area (Å²) in [6.07, 6.45) is -1.83. The van der Waals surface area contributed by atoms with Crippen LogP contribution in [0.25, 0.3) is 5.65 Å². The van der Waals surface area contributed by atoms with Gasteiger partial charge in [0.1, 0.15) is 22.2 Å². The second kappa shape index (κ2) is 9.80. The molecule has 0 bridgehead atoms. The summed E-state index contributed by atoms with van der Waals surface area (Å²) in [6, 6.07) is 3.79. The summed E-state index contributed by atoms with van der Waals surface area (Å²) in [6.45, 7) is 6.75. The van der Waals surface area contributed by atoms with Crippen LogP contribution in [0.4, 0.5) is 24.5 Å². The topological polar surface area (TPSA) is 71.8 Å². The molecule has 0 aliphatic heterocycles. The smallest absolute Gasteiger partial charge is 0.377 e. The van der Waals surface area contributed by atoms with Gasteiger partial charge in [0.25, 0.3) is 0 Å². The summed E-state index contributed by atoms with van der Waals surface area (Å²) in [7, 11) is 0.917. The number of nitrogens with one attached hydrogen (secondary N) is 1. The minimum Gasteiger partial charge on any atom is -0.377 e. The maximum absolute atomic E-state index is 13.9. The lowest BCUT2D eigenvalue weighted by Crippen LogP contribution is -2.42. The molecule has 34 heavy (non-hydrogen) atoms. The summed E-state index contributed by atoms with van der Waals surface area (Å²) in [5.74, 6) is 0. The number of hydrogen-bond donors (Lipinski definition) is 1. The molecule has 0 saturated carbocycles. The normalized spacial score (nSPS) is 15.5. The molecule has 186 valence electrons. The van der Waals surface area contributed by atoms with E-state index >= 15 is 0 Å². The average molecular weight is 518 g/mol. The van der Waals surface area contributed by atoms with Crippen molar-refractivity contribution in [3.05, 3.63) is 52.9 Å². The molecule has 1 aromatic carbocycles. The largest absolute Gasteiger partial charge is 0.409 e. The van der Waals surface area contributed by atoms with Crippen molar-refractivity contribution in [3.63, 3.8) is 0 Å². The molecule has 1 unspecified atom stereocenters. The first-order valence-electron chi connectivity index (χ1n) is 10.4. The highest BCUT2D eigenvalue weighted by Crippen LogP contribution is 2.40. The molecule has 0 radical (unpaired) electrons. The predicted octanol–water partition coefficient (Wildman–Crippen LogP) is 5.83. The Morgan fingerprint density at radius 3 is 2.35 bits per heavy atom. The third-order valence-electron chi connectivity index (χ3n) is 5.23. The number of ether oxygens (including phenoxy) is 1. The standard InChI is InChI=1S/C22H27ClF3N5O2S/c1-13(33-6)18-16(11-27-31-12-17(23)29-20(18)31)28-15-9-7-14(8-10-15)19(22(24,25)26)30(5)34(32)21(2,3)4/h7-13,19,28H,1-6H3/t13-,19-,34?/m0/s1. The molecule has 2 aromatic heterocycles. The maximum Gasteiger partial charge on any atom is 0.409 e. The van der Waals surface area contributed by atoms with Crippen LogP contribution in [0.5, 0.6) is 0 Å². The molecule has 0 aliphatic carbocycles. The Hall–Kier alpha value is -2.21. The molecule has 3 aromatic rings. The molecule has 0 fully saturated rings. The molecule has 0 saturated heterocycles. The van der Waals surface area contributed by atoms with E-state index in [-0.39, 0.29) is 16.8 Å². The number of benzene rings is 1. The van der Waals surface area contributed by atoms with E-state index < -0.39 is 28.0 Å². The van der Waals surface area contributed by atoms with Crippen LogP contribution in [0.2, 0.25) is 5.15 Å². The van der Waals surface area contributed by atoms with Crippen LogP contribution in [-0.4, -0.2) is 48.2 Å². The van der Waals surface area contributed by atoms with Gasteiger partial charge in [-0.15, -0.1) is 0 Å². The lowest BCUT2D eigenvalue weighted by molar-refractivity contribution is -0.170. The fourth-order valence-corrected chi connectivity index (χ4v) is 5.05. The van der Waals surface area contributed by atoms with Gasteiger partial charge in [0.2, 0.25) is 0 Å². The quantitative estimate of drug-likeness (QED) is 0.427. The third-order valence-corrected chi connectivity index (χ3v) is 7.19. The number of alkyl halides is 3. The fourth-order valence-electron chi connectivity index (χ4n) is 3.58. The van der Waals surface area contributed by atoms with E-state index in [2.05, 4.69) is 15.4 Å². The van der Waals surface area contributed by atoms with Gasteiger partial charge in [-0.25, -0.2) is 18.0 Å². The Labute approximate surface area is 203 Å². The lowest BCUT2D eigenvalue weighted by atomic mass is 10.1. The molecule has 3 atom stereocenters. The van der Waals surface area contributed by atoms with Crippen molar-refractivity contribution in [2.45, 2.75) is 50.8 Å². The van der Waals surface area contributed by atoms with Gasteiger partial charge < -0.3 is 10.1 Å². The lowest BCUT2D eigenvalue weighted by Gasteiger charge is -2.33. The highest BCUT2D eigenvalue weighted by molar-refractivity contribution is 7.84. The van der Waals surface area contributed by atoms with E-state index in [0.29, 0.717) is 22.6 Å². The summed E-state index contributed by atoms with van der Waals surface area (Å²) >= 11 is 6.02. The van der Waals surface area contributed by atoms with E-state index in [9.17, 15) is 17.4 Å². The van der Waals surface area contributed by atoms with Gasteiger partial charge in [0, 0.05) is 19.8 Å². The predicted molar refractivity (Wildman–Crippen MR) is 128 cm³/mol. The van der Waals surface area contributed by atoms with Crippen molar-refractivity contribution in [1.29, 1.82) is 0 Å². The van der Waals surface area contributed by atoms with Gasteiger partial charge in [-0.1, -0.05) is 23.7 Å². The first-order valence-corrected chi connectivity index (χ1v) is 11.9. The summed E-state index contributed by atoms with van der Waals surface area (Å²) in [5, 5.41) is 7.73. The molecule has 0 aliphatic rings. The van der Waals surface area contributed by atoms with Crippen molar-refractivity contribution >= 4 is 39.6 Å². The number of fused-ring (bicyclic) bond motifs is 1. The van der Waals surface area contributed by atoms with Gasteiger partial charge in [-0.05, 0) is 45.4 Å². The Morgan fingerprint density at radius 1 is 1.21 bits per heavy atom. The Balaban J connectivity index is 1.95. The first-order chi connectivity index (χ1) is 15.7. The highest BCUT2D eigenvalue weighted by Gasteiger charge is 2.46. The second-order valence-electron chi connectivity index (χ2n) is 8.78. The Bertz CT molecular complexity index is 1180. The van der Waals surface area contributed by atoms with Crippen molar-refractivity contribution in [3.8, 4) is 0 Å². The Kier molecular flexibility index (Phi) is 7.61. The zero-order chi connectivity index (χ0) is 25.4.